The molecule has 3 heteroatoms. The summed E-state index contributed by atoms with van der Waals surface area (Å²) in [5, 5.41) is 0. The molecular weight excluding hydrogens is 454 g/mol. The molecule has 0 heterocycles. The van der Waals surface area contributed by atoms with Crippen LogP contribution in [-0.4, -0.2) is 45.4 Å². The van der Waals surface area contributed by atoms with Crippen molar-refractivity contribution >= 4 is 5.57 Å². The molecule has 0 aliphatic carbocycles. The first-order valence-electron chi connectivity index (χ1n) is 14.1. The number of allylic oxidation sites excluding steroid dienone is 4. The number of rotatable bonds is 16. The minimum absolute atomic E-state index is 0.371. The summed E-state index contributed by atoms with van der Waals surface area (Å²) in [6, 6.07) is 6.43. The lowest BCUT2D eigenvalue weighted by molar-refractivity contribution is 0.175. The summed E-state index contributed by atoms with van der Waals surface area (Å²) in [5.74, 6) is 8.99. The number of aryl methyl sites for hydroxylation is 1. The number of ether oxygens (including phenoxy) is 2. The first kappa shape index (κ1) is 32.7. The smallest absolute Gasteiger partial charge is 0.121 e. The summed E-state index contributed by atoms with van der Waals surface area (Å²) in [6.07, 6.45) is 9.02. The fourth-order valence-corrected chi connectivity index (χ4v) is 4.58. The Balaban J connectivity index is 3.29. The van der Waals surface area contributed by atoms with Gasteiger partial charge in [-0.15, -0.1) is 0 Å². The van der Waals surface area contributed by atoms with Crippen molar-refractivity contribution in [3.05, 3.63) is 59.2 Å². The van der Waals surface area contributed by atoms with Gasteiger partial charge in [0.1, 0.15) is 5.75 Å². The lowest BCUT2D eigenvalue weighted by Gasteiger charge is -2.25. The quantitative estimate of drug-likeness (QED) is 0.166. The topological polar surface area (TPSA) is 21.7 Å². The molecule has 206 valence electrons. The molecule has 1 unspecified atom stereocenters. The molecule has 0 saturated heterocycles. The molecule has 1 aromatic carbocycles. The normalized spacial score (nSPS) is 13.2. The molecule has 0 bridgehead atoms. The summed E-state index contributed by atoms with van der Waals surface area (Å²) in [4.78, 5) is 2.61. The molecule has 0 saturated carbocycles. The van der Waals surface area contributed by atoms with Crippen LogP contribution in [0.15, 0.2) is 48.1 Å². The third-order valence-corrected chi connectivity index (χ3v) is 6.56. The minimum Gasteiger partial charge on any atom is -0.496 e. The van der Waals surface area contributed by atoms with Crippen molar-refractivity contribution in [1.29, 1.82) is 0 Å². The molecule has 0 aliphatic rings. The van der Waals surface area contributed by atoms with E-state index in [0.717, 1.165) is 56.0 Å². The van der Waals surface area contributed by atoms with Gasteiger partial charge in [0.25, 0.3) is 0 Å². The van der Waals surface area contributed by atoms with Crippen LogP contribution >= 0.6 is 0 Å². The van der Waals surface area contributed by atoms with Gasteiger partial charge < -0.3 is 9.47 Å². The standard InChI is InChI=1S/C34H53NO2/c1-11-12-14-29(7)23-33(31-16-17-34(37-10)30(8)24-31)32(27(4)5)18-21-35(25-26(2)3)20-13-15-28(6)19-22-36-9/h16-18,23-24,26-28H,7,11,13,15,19-22,25H2,1-6,8-10H3/b32-18-,33-23-. The van der Waals surface area contributed by atoms with Crippen LogP contribution in [0.1, 0.15) is 78.4 Å². The monoisotopic (exact) mass is 507 g/mol. The highest BCUT2D eigenvalue weighted by Gasteiger charge is 2.15. The first-order valence-corrected chi connectivity index (χ1v) is 14.1. The number of nitrogens with zero attached hydrogens (tertiary/aromatic N) is 1. The van der Waals surface area contributed by atoms with Crippen molar-refractivity contribution in [3.63, 3.8) is 0 Å². The minimum atomic E-state index is 0.371. The van der Waals surface area contributed by atoms with E-state index in [9.17, 15) is 0 Å². The highest BCUT2D eigenvalue weighted by molar-refractivity contribution is 5.82. The highest BCUT2D eigenvalue weighted by Crippen LogP contribution is 2.32. The van der Waals surface area contributed by atoms with Crippen LogP contribution in [0, 0.1) is 36.5 Å². The van der Waals surface area contributed by atoms with Crippen molar-refractivity contribution in [2.45, 2.75) is 74.1 Å². The van der Waals surface area contributed by atoms with Crippen molar-refractivity contribution in [2.24, 2.45) is 17.8 Å². The van der Waals surface area contributed by atoms with Crippen LogP contribution in [0.25, 0.3) is 5.57 Å². The Labute approximate surface area is 229 Å². The predicted molar refractivity (Wildman–Crippen MR) is 162 cm³/mol. The van der Waals surface area contributed by atoms with Crippen molar-refractivity contribution in [3.8, 4) is 17.6 Å². The highest BCUT2D eigenvalue weighted by atomic mass is 16.5. The van der Waals surface area contributed by atoms with E-state index in [0.29, 0.717) is 17.8 Å². The third-order valence-electron chi connectivity index (χ3n) is 6.56. The fourth-order valence-electron chi connectivity index (χ4n) is 4.58. The van der Waals surface area contributed by atoms with Gasteiger partial charge in [-0.1, -0.05) is 72.1 Å². The van der Waals surface area contributed by atoms with Gasteiger partial charge in [-0.3, -0.25) is 4.90 Å². The van der Waals surface area contributed by atoms with E-state index in [4.69, 9.17) is 9.47 Å². The van der Waals surface area contributed by atoms with Gasteiger partial charge >= 0.3 is 0 Å². The zero-order chi connectivity index (χ0) is 27.8. The van der Waals surface area contributed by atoms with Gasteiger partial charge in [0, 0.05) is 38.8 Å². The van der Waals surface area contributed by atoms with Gasteiger partial charge in [-0.05, 0) is 91.0 Å². The Hall–Kier alpha value is -2.28. The summed E-state index contributed by atoms with van der Waals surface area (Å²) >= 11 is 0. The molecule has 0 amide bonds. The third kappa shape index (κ3) is 12.7. The summed E-state index contributed by atoms with van der Waals surface area (Å²) < 4.78 is 10.8. The average molecular weight is 508 g/mol. The largest absolute Gasteiger partial charge is 0.496 e. The SMILES string of the molecule is C=C(C#CCC)/C=C(\C(=C/CN(CCCC(C)CCOC)CC(C)C)C(C)C)c1ccc(OC)c(C)c1. The Bertz CT molecular complexity index is 942. The number of hydrogen-bond donors (Lipinski definition) is 0. The van der Waals surface area contributed by atoms with Crippen LogP contribution < -0.4 is 4.74 Å². The van der Waals surface area contributed by atoms with Crippen molar-refractivity contribution < 1.29 is 9.47 Å². The van der Waals surface area contributed by atoms with Gasteiger partial charge in [0.15, 0.2) is 0 Å². The van der Waals surface area contributed by atoms with Gasteiger partial charge in [0.2, 0.25) is 0 Å². The van der Waals surface area contributed by atoms with Gasteiger partial charge in [0.05, 0.1) is 7.11 Å². The van der Waals surface area contributed by atoms with E-state index in [2.05, 4.69) is 102 Å². The van der Waals surface area contributed by atoms with E-state index >= 15 is 0 Å². The zero-order valence-corrected chi connectivity index (χ0v) is 25.2. The molecule has 0 radical (unpaired) electrons. The van der Waals surface area contributed by atoms with E-state index in [1.807, 2.05) is 0 Å². The predicted octanol–water partition coefficient (Wildman–Crippen LogP) is 8.35. The Morgan fingerprint density at radius 3 is 2.41 bits per heavy atom. The van der Waals surface area contributed by atoms with Gasteiger partial charge in [-0.25, -0.2) is 0 Å². The van der Waals surface area contributed by atoms with Crippen molar-refractivity contribution in [2.75, 3.05) is 40.5 Å². The lowest BCUT2D eigenvalue weighted by atomic mass is 9.87. The average Bonchev–Trinajstić information content (AvgIpc) is 2.84. The van der Waals surface area contributed by atoms with E-state index in [1.54, 1.807) is 14.2 Å². The maximum absolute atomic E-state index is 5.53. The molecular formula is C34H53NO2. The Morgan fingerprint density at radius 1 is 1.11 bits per heavy atom. The van der Waals surface area contributed by atoms with E-state index in [1.165, 1.54) is 29.6 Å². The van der Waals surface area contributed by atoms with Gasteiger partial charge in [-0.2, -0.15) is 0 Å². The molecule has 0 spiro atoms. The Morgan fingerprint density at radius 2 is 1.84 bits per heavy atom. The lowest BCUT2D eigenvalue weighted by Crippen LogP contribution is -2.29. The number of hydrogen-bond acceptors (Lipinski definition) is 3. The molecule has 3 nitrogen and oxygen atoms in total. The first-order chi connectivity index (χ1) is 17.6. The van der Waals surface area contributed by atoms with Crippen LogP contribution in [0.5, 0.6) is 5.75 Å². The van der Waals surface area contributed by atoms with E-state index < -0.39 is 0 Å². The molecule has 0 aromatic heterocycles. The number of methoxy groups -OCH3 is 2. The second kappa shape index (κ2) is 18.1. The Kier molecular flexibility index (Phi) is 16.0. The summed E-state index contributed by atoms with van der Waals surface area (Å²) in [5.41, 5.74) is 5.70. The molecule has 1 atom stereocenters. The summed E-state index contributed by atoms with van der Waals surface area (Å²) in [7, 11) is 3.51. The maximum atomic E-state index is 5.53. The second-order valence-corrected chi connectivity index (χ2v) is 10.9. The second-order valence-electron chi connectivity index (χ2n) is 10.9. The fraction of sp³-hybridized carbons (Fsp3) is 0.588. The van der Waals surface area contributed by atoms with Crippen molar-refractivity contribution in [1.82, 2.24) is 4.90 Å². The maximum Gasteiger partial charge on any atom is 0.121 e. The molecule has 0 aliphatic heterocycles. The molecule has 0 fully saturated rings. The zero-order valence-electron chi connectivity index (χ0n) is 25.2. The molecule has 0 N–H and O–H groups in total. The summed E-state index contributed by atoms with van der Waals surface area (Å²) in [6.45, 7) is 23.9. The van der Waals surface area contributed by atoms with Crippen LogP contribution in [0.2, 0.25) is 0 Å². The molecule has 37 heavy (non-hydrogen) atoms. The van der Waals surface area contributed by atoms with Crippen LogP contribution in [0.3, 0.4) is 0 Å². The van der Waals surface area contributed by atoms with Crippen LogP contribution in [0.4, 0.5) is 0 Å². The number of benzene rings is 1. The molecule has 1 rings (SSSR count). The van der Waals surface area contributed by atoms with Crippen LogP contribution in [-0.2, 0) is 4.74 Å². The molecule has 1 aromatic rings. The van der Waals surface area contributed by atoms with E-state index in [-0.39, 0.29) is 0 Å².